The summed E-state index contributed by atoms with van der Waals surface area (Å²) in [7, 11) is 1.75. The van der Waals surface area contributed by atoms with Crippen molar-refractivity contribution in [3.05, 3.63) is 0 Å². The number of methoxy groups -OCH3 is 1. The van der Waals surface area contributed by atoms with Gasteiger partial charge in [0.2, 0.25) is 0 Å². The summed E-state index contributed by atoms with van der Waals surface area (Å²) >= 11 is 5.56. The van der Waals surface area contributed by atoms with E-state index in [4.69, 9.17) is 16.3 Å². The van der Waals surface area contributed by atoms with Crippen LogP contribution in [0.25, 0.3) is 0 Å². The summed E-state index contributed by atoms with van der Waals surface area (Å²) in [6, 6.07) is 0. The molecule has 0 aromatic heterocycles. The van der Waals surface area contributed by atoms with Gasteiger partial charge < -0.3 is 10.1 Å². The van der Waals surface area contributed by atoms with Crippen LogP contribution in [0.4, 0.5) is 0 Å². The van der Waals surface area contributed by atoms with Crippen LogP contribution in [0.1, 0.15) is 32.1 Å². The molecule has 0 aliphatic rings. The standard InChI is InChI=1S/C10H22ClNO/c1-13-10-6-5-9-12-8-4-2-3-7-11/h12H,2-10H2,1H3. The van der Waals surface area contributed by atoms with Crippen molar-refractivity contribution >= 4 is 11.6 Å². The van der Waals surface area contributed by atoms with Gasteiger partial charge in [-0.05, 0) is 38.8 Å². The highest BCUT2D eigenvalue weighted by molar-refractivity contribution is 6.17. The zero-order valence-electron chi connectivity index (χ0n) is 8.65. The van der Waals surface area contributed by atoms with E-state index in [0.29, 0.717) is 0 Å². The third-order valence-electron chi connectivity index (χ3n) is 1.94. The quantitative estimate of drug-likeness (QED) is 0.439. The normalized spacial score (nSPS) is 10.6. The largest absolute Gasteiger partial charge is 0.385 e. The van der Waals surface area contributed by atoms with Gasteiger partial charge in [-0.25, -0.2) is 0 Å². The molecule has 0 atom stereocenters. The molecule has 0 aromatic rings. The summed E-state index contributed by atoms with van der Waals surface area (Å²) in [4.78, 5) is 0. The predicted molar refractivity (Wildman–Crippen MR) is 58.6 cm³/mol. The second-order valence-corrected chi connectivity index (χ2v) is 3.58. The van der Waals surface area contributed by atoms with Crippen LogP contribution in [-0.4, -0.2) is 32.7 Å². The first-order chi connectivity index (χ1) is 6.41. The first-order valence-corrected chi connectivity index (χ1v) is 5.71. The topological polar surface area (TPSA) is 21.3 Å². The van der Waals surface area contributed by atoms with Gasteiger partial charge in [-0.1, -0.05) is 6.42 Å². The van der Waals surface area contributed by atoms with Crippen LogP contribution in [0.15, 0.2) is 0 Å². The van der Waals surface area contributed by atoms with E-state index in [1.807, 2.05) is 0 Å². The van der Waals surface area contributed by atoms with E-state index in [1.165, 1.54) is 19.3 Å². The third kappa shape index (κ3) is 12.2. The van der Waals surface area contributed by atoms with Crippen molar-refractivity contribution in [1.82, 2.24) is 5.32 Å². The fraction of sp³-hybridized carbons (Fsp3) is 1.00. The molecule has 0 bridgehead atoms. The molecule has 0 aliphatic heterocycles. The fourth-order valence-corrected chi connectivity index (χ4v) is 1.33. The molecule has 0 aromatic carbocycles. The molecule has 0 spiro atoms. The Hall–Kier alpha value is 0.210. The van der Waals surface area contributed by atoms with Gasteiger partial charge in [0, 0.05) is 19.6 Å². The van der Waals surface area contributed by atoms with Crippen LogP contribution in [0.2, 0.25) is 0 Å². The van der Waals surface area contributed by atoms with E-state index in [2.05, 4.69) is 5.32 Å². The minimum atomic E-state index is 0.799. The van der Waals surface area contributed by atoms with E-state index in [1.54, 1.807) is 7.11 Å². The molecule has 0 radical (unpaired) electrons. The molecule has 0 rings (SSSR count). The van der Waals surface area contributed by atoms with Crippen molar-refractivity contribution in [2.24, 2.45) is 0 Å². The van der Waals surface area contributed by atoms with Crippen LogP contribution < -0.4 is 5.32 Å². The Balaban J connectivity index is 2.76. The molecular formula is C10H22ClNO. The van der Waals surface area contributed by atoms with Crippen LogP contribution in [-0.2, 0) is 4.74 Å². The number of nitrogens with one attached hydrogen (secondary N) is 1. The molecule has 0 saturated carbocycles. The highest BCUT2D eigenvalue weighted by atomic mass is 35.5. The lowest BCUT2D eigenvalue weighted by Gasteiger charge is -2.03. The highest BCUT2D eigenvalue weighted by Gasteiger charge is 1.89. The lowest BCUT2D eigenvalue weighted by atomic mass is 10.2. The summed E-state index contributed by atoms with van der Waals surface area (Å²) < 4.78 is 4.96. The maximum Gasteiger partial charge on any atom is 0.0462 e. The van der Waals surface area contributed by atoms with Crippen LogP contribution >= 0.6 is 11.6 Å². The monoisotopic (exact) mass is 207 g/mol. The van der Waals surface area contributed by atoms with E-state index in [9.17, 15) is 0 Å². The lowest BCUT2D eigenvalue weighted by molar-refractivity contribution is 0.192. The van der Waals surface area contributed by atoms with Crippen molar-refractivity contribution in [3.8, 4) is 0 Å². The average molecular weight is 208 g/mol. The van der Waals surface area contributed by atoms with Gasteiger partial charge >= 0.3 is 0 Å². The Morgan fingerprint density at radius 1 is 1.00 bits per heavy atom. The van der Waals surface area contributed by atoms with E-state index in [0.717, 1.165) is 38.4 Å². The van der Waals surface area contributed by atoms with Crippen molar-refractivity contribution in [1.29, 1.82) is 0 Å². The second kappa shape index (κ2) is 12.2. The zero-order valence-corrected chi connectivity index (χ0v) is 9.41. The Labute approximate surface area is 87.0 Å². The van der Waals surface area contributed by atoms with E-state index < -0.39 is 0 Å². The first-order valence-electron chi connectivity index (χ1n) is 5.17. The molecule has 3 heteroatoms. The van der Waals surface area contributed by atoms with Crippen LogP contribution in [0, 0.1) is 0 Å². The van der Waals surface area contributed by atoms with Crippen molar-refractivity contribution in [3.63, 3.8) is 0 Å². The smallest absolute Gasteiger partial charge is 0.0462 e. The van der Waals surface area contributed by atoms with Crippen molar-refractivity contribution in [2.75, 3.05) is 32.7 Å². The Morgan fingerprint density at radius 2 is 1.69 bits per heavy atom. The second-order valence-electron chi connectivity index (χ2n) is 3.20. The number of alkyl halides is 1. The summed E-state index contributed by atoms with van der Waals surface area (Å²) in [6.45, 7) is 3.13. The molecule has 1 N–H and O–H groups in total. The number of hydrogen-bond donors (Lipinski definition) is 1. The molecule has 2 nitrogen and oxygen atoms in total. The maximum absolute atomic E-state index is 5.56. The molecule has 13 heavy (non-hydrogen) atoms. The number of unbranched alkanes of at least 4 members (excludes halogenated alkanes) is 3. The van der Waals surface area contributed by atoms with Gasteiger partial charge in [0.05, 0.1) is 0 Å². The maximum atomic E-state index is 5.56. The fourth-order valence-electron chi connectivity index (χ4n) is 1.14. The number of hydrogen-bond acceptors (Lipinski definition) is 2. The SMILES string of the molecule is COCCCCNCCCCCCl. The first kappa shape index (κ1) is 13.2. The Bertz CT molecular complexity index is 81.0. The van der Waals surface area contributed by atoms with Gasteiger partial charge in [-0.2, -0.15) is 0 Å². The lowest BCUT2D eigenvalue weighted by Crippen LogP contribution is -2.17. The molecular weight excluding hydrogens is 186 g/mol. The minimum absolute atomic E-state index is 0.799. The molecule has 0 heterocycles. The van der Waals surface area contributed by atoms with Crippen LogP contribution in [0.5, 0.6) is 0 Å². The van der Waals surface area contributed by atoms with Gasteiger partial charge in [-0.3, -0.25) is 0 Å². The number of halogens is 1. The van der Waals surface area contributed by atoms with Crippen molar-refractivity contribution in [2.45, 2.75) is 32.1 Å². The summed E-state index contributed by atoms with van der Waals surface area (Å²) in [5, 5.41) is 3.40. The van der Waals surface area contributed by atoms with Gasteiger partial charge in [0.15, 0.2) is 0 Å². The van der Waals surface area contributed by atoms with Gasteiger partial charge in [0.1, 0.15) is 0 Å². The Kier molecular flexibility index (Phi) is 12.4. The molecule has 0 fully saturated rings. The number of rotatable bonds is 10. The van der Waals surface area contributed by atoms with Crippen molar-refractivity contribution < 1.29 is 4.74 Å². The average Bonchev–Trinajstić information content (AvgIpc) is 2.16. The summed E-state index contributed by atoms with van der Waals surface area (Å²) in [5.74, 6) is 0.799. The molecule has 0 unspecified atom stereocenters. The number of ether oxygens (including phenoxy) is 1. The predicted octanol–water partition coefficient (Wildman–Crippen LogP) is 2.41. The Morgan fingerprint density at radius 3 is 2.31 bits per heavy atom. The zero-order chi connectivity index (χ0) is 9.78. The molecule has 0 amide bonds. The highest BCUT2D eigenvalue weighted by Crippen LogP contribution is 1.95. The summed E-state index contributed by atoms with van der Waals surface area (Å²) in [6.07, 6.45) is 6.01. The molecule has 0 aliphatic carbocycles. The molecule has 0 saturated heterocycles. The van der Waals surface area contributed by atoms with Gasteiger partial charge in [0.25, 0.3) is 0 Å². The van der Waals surface area contributed by atoms with E-state index in [-0.39, 0.29) is 0 Å². The van der Waals surface area contributed by atoms with Gasteiger partial charge in [-0.15, -0.1) is 11.6 Å². The molecule has 80 valence electrons. The van der Waals surface area contributed by atoms with Crippen LogP contribution in [0.3, 0.4) is 0 Å². The van der Waals surface area contributed by atoms with E-state index >= 15 is 0 Å². The third-order valence-corrected chi connectivity index (χ3v) is 2.21. The summed E-state index contributed by atoms with van der Waals surface area (Å²) in [5.41, 5.74) is 0. The minimum Gasteiger partial charge on any atom is -0.385 e.